The first-order chi connectivity index (χ1) is 12.2. The highest BCUT2D eigenvalue weighted by Crippen LogP contribution is 2.11. The molecule has 0 fully saturated rings. The Morgan fingerprint density at radius 1 is 1.04 bits per heavy atom. The van der Waals surface area contributed by atoms with Crippen molar-refractivity contribution in [3.63, 3.8) is 0 Å². The fourth-order valence-corrected chi connectivity index (χ4v) is 3.27. The molecule has 1 unspecified atom stereocenters. The van der Waals surface area contributed by atoms with Gasteiger partial charge in [-0.1, -0.05) is 30.3 Å². The average Bonchev–Trinajstić information content (AvgIpc) is 2.67. The number of ether oxygens (including phenoxy) is 1. The van der Waals surface area contributed by atoms with E-state index in [-0.39, 0.29) is 0 Å². The van der Waals surface area contributed by atoms with E-state index in [9.17, 15) is 4.21 Å². The lowest BCUT2D eigenvalue weighted by Crippen LogP contribution is -2.40. The number of guanidine groups is 1. The van der Waals surface area contributed by atoms with E-state index in [1.54, 1.807) is 14.2 Å². The smallest absolute Gasteiger partial charge is 0.191 e. The summed E-state index contributed by atoms with van der Waals surface area (Å²) in [4.78, 5) is 5.05. The summed E-state index contributed by atoms with van der Waals surface area (Å²) in [5.74, 6) is 2.13. The predicted molar refractivity (Wildman–Crippen MR) is 104 cm³/mol. The summed E-state index contributed by atoms with van der Waals surface area (Å²) in [6.07, 6.45) is 0.890. The highest BCUT2D eigenvalue weighted by molar-refractivity contribution is 7.85. The fraction of sp³-hybridized carbons (Fsp3) is 0.316. The predicted octanol–water partition coefficient (Wildman–Crippen LogP) is 2.21. The molecule has 1 atom stereocenters. The van der Waals surface area contributed by atoms with Gasteiger partial charge in [-0.05, 0) is 36.2 Å². The molecule has 2 aromatic rings. The molecule has 0 spiro atoms. The van der Waals surface area contributed by atoms with Crippen molar-refractivity contribution in [2.75, 3.05) is 33.0 Å². The summed E-state index contributed by atoms with van der Waals surface area (Å²) in [5, 5.41) is 6.47. The van der Waals surface area contributed by atoms with Crippen molar-refractivity contribution in [1.82, 2.24) is 10.6 Å². The molecule has 0 aromatic heterocycles. The number of hydrogen-bond acceptors (Lipinski definition) is 3. The highest BCUT2D eigenvalue weighted by Gasteiger charge is 2.04. The van der Waals surface area contributed by atoms with E-state index in [2.05, 4.69) is 27.8 Å². The quantitative estimate of drug-likeness (QED) is 0.560. The molecule has 0 heterocycles. The van der Waals surface area contributed by atoms with Gasteiger partial charge in [-0.25, -0.2) is 0 Å². The van der Waals surface area contributed by atoms with Crippen molar-refractivity contribution in [2.45, 2.75) is 11.3 Å². The summed E-state index contributed by atoms with van der Waals surface area (Å²) in [5.41, 5.74) is 1.23. The maximum absolute atomic E-state index is 12.2. The molecule has 5 nitrogen and oxygen atoms in total. The molecule has 2 N–H and O–H groups in total. The third kappa shape index (κ3) is 6.58. The van der Waals surface area contributed by atoms with Crippen LogP contribution in [0.5, 0.6) is 5.75 Å². The van der Waals surface area contributed by atoms with Crippen molar-refractivity contribution < 1.29 is 8.95 Å². The molecular weight excluding hydrogens is 334 g/mol. The van der Waals surface area contributed by atoms with Gasteiger partial charge in [-0.3, -0.25) is 9.20 Å². The van der Waals surface area contributed by atoms with Crippen molar-refractivity contribution in [3.05, 3.63) is 60.2 Å². The van der Waals surface area contributed by atoms with Crippen LogP contribution < -0.4 is 15.4 Å². The minimum atomic E-state index is -0.998. The van der Waals surface area contributed by atoms with Crippen molar-refractivity contribution in [3.8, 4) is 5.75 Å². The topological polar surface area (TPSA) is 62.7 Å². The molecule has 0 saturated heterocycles. The summed E-state index contributed by atoms with van der Waals surface area (Å²) < 4.78 is 17.3. The van der Waals surface area contributed by atoms with Gasteiger partial charge < -0.3 is 15.4 Å². The van der Waals surface area contributed by atoms with Crippen molar-refractivity contribution in [1.29, 1.82) is 0 Å². The van der Waals surface area contributed by atoms with Gasteiger partial charge in [0.05, 0.1) is 17.9 Å². The van der Waals surface area contributed by atoms with Crippen molar-refractivity contribution >= 4 is 16.8 Å². The molecule has 0 amide bonds. The van der Waals surface area contributed by atoms with Gasteiger partial charge in [-0.15, -0.1) is 0 Å². The Morgan fingerprint density at radius 3 is 2.36 bits per heavy atom. The van der Waals surface area contributed by atoms with Gasteiger partial charge in [0.25, 0.3) is 0 Å². The van der Waals surface area contributed by atoms with E-state index < -0.39 is 10.8 Å². The molecular formula is C19H25N3O2S. The van der Waals surface area contributed by atoms with E-state index in [1.807, 2.05) is 42.5 Å². The van der Waals surface area contributed by atoms with Crippen LogP contribution in [0, 0.1) is 0 Å². The lowest BCUT2D eigenvalue weighted by atomic mass is 10.1. The maximum atomic E-state index is 12.2. The third-order valence-electron chi connectivity index (χ3n) is 3.67. The van der Waals surface area contributed by atoms with Crippen LogP contribution in [0.2, 0.25) is 0 Å². The van der Waals surface area contributed by atoms with Crippen LogP contribution in [0.4, 0.5) is 0 Å². The Balaban J connectivity index is 1.69. The molecule has 6 heteroatoms. The first-order valence-electron chi connectivity index (χ1n) is 8.24. The Morgan fingerprint density at radius 2 is 1.72 bits per heavy atom. The number of rotatable bonds is 8. The van der Waals surface area contributed by atoms with Crippen LogP contribution in [0.25, 0.3) is 0 Å². The lowest BCUT2D eigenvalue weighted by Gasteiger charge is -2.12. The first kappa shape index (κ1) is 19.0. The second kappa shape index (κ2) is 10.5. The Labute approximate surface area is 152 Å². The van der Waals surface area contributed by atoms with Gasteiger partial charge in [0, 0.05) is 30.8 Å². The molecule has 0 aliphatic heterocycles. The molecule has 134 valence electrons. The van der Waals surface area contributed by atoms with Crippen LogP contribution in [-0.4, -0.2) is 43.2 Å². The number of nitrogens with one attached hydrogen (secondary N) is 2. The van der Waals surface area contributed by atoms with Gasteiger partial charge in [-0.2, -0.15) is 0 Å². The van der Waals surface area contributed by atoms with E-state index in [4.69, 9.17) is 4.74 Å². The number of methoxy groups -OCH3 is 1. The SMILES string of the molecule is CN=C(NCCc1ccc(OC)cc1)NCCS(=O)c1ccccc1. The Kier molecular flexibility index (Phi) is 7.98. The Bertz CT molecular complexity index is 688. The molecule has 2 rings (SSSR count). The molecule has 0 bridgehead atoms. The minimum absolute atomic E-state index is 0.545. The summed E-state index contributed by atoms with van der Waals surface area (Å²) in [7, 11) is 2.40. The van der Waals surface area contributed by atoms with Crippen LogP contribution in [0.3, 0.4) is 0 Å². The zero-order valence-electron chi connectivity index (χ0n) is 14.7. The van der Waals surface area contributed by atoms with E-state index in [0.717, 1.165) is 29.6 Å². The van der Waals surface area contributed by atoms with Gasteiger partial charge in [0.1, 0.15) is 5.75 Å². The summed E-state index contributed by atoms with van der Waals surface area (Å²) in [6, 6.07) is 17.5. The molecule has 0 radical (unpaired) electrons. The van der Waals surface area contributed by atoms with Crippen LogP contribution in [-0.2, 0) is 17.2 Å². The third-order valence-corrected chi connectivity index (χ3v) is 5.05. The highest BCUT2D eigenvalue weighted by atomic mass is 32.2. The largest absolute Gasteiger partial charge is 0.497 e. The average molecular weight is 359 g/mol. The van der Waals surface area contributed by atoms with Crippen LogP contribution in [0.15, 0.2) is 64.5 Å². The maximum Gasteiger partial charge on any atom is 0.191 e. The van der Waals surface area contributed by atoms with Crippen LogP contribution >= 0.6 is 0 Å². The fourth-order valence-electron chi connectivity index (χ4n) is 2.29. The van der Waals surface area contributed by atoms with Gasteiger partial charge in [0.15, 0.2) is 5.96 Å². The van der Waals surface area contributed by atoms with Crippen molar-refractivity contribution in [2.24, 2.45) is 4.99 Å². The zero-order chi connectivity index (χ0) is 17.9. The first-order valence-corrected chi connectivity index (χ1v) is 9.55. The number of nitrogens with zero attached hydrogens (tertiary/aromatic N) is 1. The monoisotopic (exact) mass is 359 g/mol. The minimum Gasteiger partial charge on any atom is -0.497 e. The second-order valence-electron chi connectivity index (χ2n) is 5.39. The molecule has 0 aliphatic carbocycles. The van der Waals surface area contributed by atoms with Crippen LogP contribution in [0.1, 0.15) is 5.56 Å². The van der Waals surface area contributed by atoms with E-state index >= 15 is 0 Å². The van der Waals surface area contributed by atoms with E-state index in [1.165, 1.54) is 5.56 Å². The number of hydrogen-bond donors (Lipinski definition) is 2. The standard InChI is InChI=1S/C19H25N3O2S/c1-20-19(21-13-12-16-8-10-17(24-2)11-9-16)22-14-15-25(23)18-6-4-3-5-7-18/h3-11H,12-15H2,1-2H3,(H2,20,21,22). The lowest BCUT2D eigenvalue weighted by molar-refractivity contribution is 0.414. The number of aliphatic imine (C=N–C) groups is 1. The second-order valence-corrected chi connectivity index (χ2v) is 6.96. The van der Waals surface area contributed by atoms with Gasteiger partial charge in [0.2, 0.25) is 0 Å². The summed E-state index contributed by atoms with van der Waals surface area (Å²) >= 11 is 0. The Hall–Kier alpha value is -2.34. The normalized spacial score (nSPS) is 12.5. The summed E-state index contributed by atoms with van der Waals surface area (Å²) in [6.45, 7) is 1.37. The van der Waals surface area contributed by atoms with E-state index in [0.29, 0.717) is 12.3 Å². The molecule has 0 saturated carbocycles. The molecule has 0 aliphatic rings. The zero-order valence-corrected chi connectivity index (χ0v) is 15.5. The van der Waals surface area contributed by atoms with Gasteiger partial charge >= 0.3 is 0 Å². The number of benzene rings is 2. The molecule has 2 aromatic carbocycles. The molecule has 25 heavy (non-hydrogen) atoms.